The Kier molecular flexibility index (Phi) is 15.2. The van der Waals surface area contributed by atoms with Crippen molar-refractivity contribution in [3.8, 4) is 11.5 Å². The topological polar surface area (TPSA) is 105 Å². The number of rotatable bonds is 20. The smallest absolute Gasteiger partial charge is 0.330 e. The predicted molar refractivity (Wildman–Crippen MR) is 194 cm³/mol. The highest BCUT2D eigenvalue weighted by molar-refractivity contribution is 5.81. The van der Waals surface area contributed by atoms with Crippen molar-refractivity contribution in [2.45, 2.75) is 89.9 Å². The van der Waals surface area contributed by atoms with Crippen LogP contribution in [-0.4, -0.2) is 37.1 Å². The van der Waals surface area contributed by atoms with Gasteiger partial charge in [-0.3, -0.25) is 9.59 Å². The summed E-state index contributed by atoms with van der Waals surface area (Å²) < 4.78 is 21.0. The summed E-state index contributed by atoms with van der Waals surface area (Å²) in [6.45, 7) is 16.0. The Morgan fingerprint density at radius 2 is 0.920 bits per heavy atom. The Hall–Kier alpha value is -4.98. The first-order chi connectivity index (χ1) is 23.9. The highest BCUT2D eigenvalue weighted by Crippen LogP contribution is 2.37. The van der Waals surface area contributed by atoms with Gasteiger partial charge in [0.2, 0.25) is 0 Å². The molecule has 8 nitrogen and oxygen atoms in total. The molecular weight excluding hydrogens is 632 g/mol. The number of ether oxygens (including phenoxy) is 4. The number of benzene rings is 3. The molecule has 0 N–H and O–H groups in total. The number of carbonyl (C=O) groups excluding carboxylic acids is 4. The van der Waals surface area contributed by atoms with Gasteiger partial charge in [-0.05, 0) is 85.0 Å². The van der Waals surface area contributed by atoms with Crippen LogP contribution in [0, 0.1) is 0 Å². The zero-order valence-corrected chi connectivity index (χ0v) is 29.8. The lowest BCUT2D eigenvalue weighted by molar-refractivity contribution is -0.138. The SMILES string of the molecule is C=CC(=O)OCCCCCC(=O)Oc1ccc(C(C)(C)c2cccc(C(C)(C)c3ccc(OC(=O)CCCCCOC(=O)C=C)cc3)c2)cc1. The van der Waals surface area contributed by atoms with E-state index in [4.69, 9.17) is 18.9 Å². The molecule has 0 spiro atoms. The van der Waals surface area contributed by atoms with E-state index in [-0.39, 0.29) is 35.6 Å². The summed E-state index contributed by atoms with van der Waals surface area (Å²) in [5, 5.41) is 0. The van der Waals surface area contributed by atoms with E-state index in [1.807, 2.05) is 48.5 Å². The third-order valence-corrected chi connectivity index (χ3v) is 8.79. The van der Waals surface area contributed by atoms with Gasteiger partial charge >= 0.3 is 23.9 Å². The van der Waals surface area contributed by atoms with E-state index in [0.29, 0.717) is 50.4 Å². The van der Waals surface area contributed by atoms with Crippen molar-refractivity contribution in [2.24, 2.45) is 0 Å². The highest BCUT2D eigenvalue weighted by Gasteiger charge is 2.28. The number of carbonyl (C=O) groups is 4. The van der Waals surface area contributed by atoms with Gasteiger partial charge in [-0.15, -0.1) is 0 Å². The third-order valence-electron chi connectivity index (χ3n) is 8.79. The van der Waals surface area contributed by atoms with Crippen LogP contribution >= 0.6 is 0 Å². The van der Waals surface area contributed by atoms with Crippen LogP contribution in [0.4, 0.5) is 0 Å². The van der Waals surface area contributed by atoms with E-state index in [0.717, 1.165) is 47.2 Å². The van der Waals surface area contributed by atoms with Gasteiger partial charge in [0.1, 0.15) is 11.5 Å². The van der Waals surface area contributed by atoms with Gasteiger partial charge < -0.3 is 18.9 Å². The third kappa shape index (κ3) is 12.2. The quantitative estimate of drug-likeness (QED) is 0.0504. The minimum absolute atomic E-state index is 0.290. The predicted octanol–water partition coefficient (Wildman–Crippen LogP) is 8.73. The fourth-order valence-corrected chi connectivity index (χ4v) is 5.43. The van der Waals surface area contributed by atoms with E-state index in [1.165, 1.54) is 0 Å². The maximum atomic E-state index is 12.4. The Balaban J connectivity index is 1.54. The van der Waals surface area contributed by atoms with Gasteiger partial charge in [-0.1, -0.05) is 89.4 Å². The molecule has 0 amide bonds. The Morgan fingerprint density at radius 3 is 1.28 bits per heavy atom. The van der Waals surface area contributed by atoms with Gasteiger partial charge in [0, 0.05) is 35.8 Å². The summed E-state index contributed by atoms with van der Waals surface area (Å²) in [6.07, 6.45) is 7.03. The Labute approximate surface area is 296 Å². The normalized spacial score (nSPS) is 11.3. The molecule has 3 aromatic rings. The monoisotopic (exact) mass is 682 g/mol. The molecule has 0 aromatic heterocycles. The van der Waals surface area contributed by atoms with E-state index in [2.05, 4.69) is 65.1 Å². The molecule has 0 aliphatic carbocycles. The van der Waals surface area contributed by atoms with Gasteiger partial charge in [-0.2, -0.15) is 0 Å². The largest absolute Gasteiger partial charge is 0.463 e. The molecule has 3 rings (SSSR count). The lowest BCUT2D eigenvalue weighted by Crippen LogP contribution is -2.23. The molecule has 0 aliphatic rings. The average Bonchev–Trinajstić information content (AvgIpc) is 3.11. The summed E-state index contributed by atoms with van der Waals surface area (Å²) in [7, 11) is 0. The molecule has 0 atom stereocenters. The second-order valence-electron chi connectivity index (χ2n) is 13.2. The van der Waals surface area contributed by atoms with E-state index < -0.39 is 11.9 Å². The summed E-state index contributed by atoms with van der Waals surface area (Å²) >= 11 is 0. The van der Waals surface area contributed by atoms with Crippen molar-refractivity contribution >= 4 is 23.9 Å². The van der Waals surface area contributed by atoms with Crippen LogP contribution in [0.3, 0.4) is 0 Å². The number of hydrogen-bond donors (Lipinski definition) is 0. The molecule has 0 saturated heterocycles. The first kappa shape index (κ1) is 39.5. The highest BCUT2D eigenvalue weighted by atomic mass is 16.5. The van der Waals surface area contributed by atoms with Crippen LogP contribution in [0.15, 0.2) is 98.1 Å². The molecule has 50 heavy (non-hydrogen) atoms. The summed E-state index contributed by atoms with van der Waals surface area (Å²) in [5.41, 5.74) is 3.83. The van der Waals surface area contributed by atoms with Crippen molar-refractivity contribution in [3.05, 3.63) is 120 Å². The van der Waals surface area contributed by atoms with Gasteiger partial charge in [0.25, 0.3) is 0 Å². The molecule has 0 unspecified atom stereocenters. The van der Waals surface area contributed by atoms with Crippen molar-refractivity contribution < 1.29 is 38.1 Å². The van der Waals surface area contributed by atoms with Gasteiger partial charge in [-0.25, -0.2) is 9.59 Å². The van der Waals surface area contributed by atoms with E-state index >= 15 is 0 Å². The van der Waals surface area contributed by atoms with E-state index in [1.54, 1.807) is 0 Å². The first-order valence-electron chi connectivity index (χ1n) is 17.2. The average molecular weight is 683 g/mol. The van der Waals surface area contributed by atoms with Gasteiger partial charge in [0.05, 0.1) is 13.2 Å². The summed E-state index contributed by atoms with van der Waals surface area (Å²) in [4.78, 5) is 46.9. The molecule has 3 aromatic carbocycles. The van der Waals surface area contributed by atoms with Crippen LogP contribution < -0.4 is 9.47 Å². The summed E-state index contributed by atoms with van der Waals surface area (Å²) in [6, 6.07) is 23.9. The van der Waals surface area contributed by atoms with Gasteiger partial charge in [0.15, 0.2) is 0 Å². The molecule has 266 valence electrons. The molecule has 0 bridgehead atoms. The maximum absolute atomic E-state index is 12.4. The molecule has 8 heteroatoms. The van der Waals surface area contributed by atoms with Crippen molar-refractivity contribution in [3.63, 3.8) is 0 Å². The Bertz CT molecular complexity index is 1480. The number of esters is 4. The van der Waals surface area contributed by atoms with E-state index in [9.17, 15) is 19.2 Å². The minimum atomic E-state index is -0.440. The fraction of sp³-hybridized carbons (Fsp3) is 0.381. The Morgan fingerprint density at radius 1 is 0.540 bits per heavy atom. The maximum Gasteiger partial charge on any atom is 0.330 e. The molecule has 0 fully saturated rings. The number of hydrogen-bond acceptors (Lipinski definition) is 8. The van der Waals surface area contributed by atoms with Crippen molar-refractivity contribution in [2.75, 3.05) is 13.2 Å². The second kappa shape index (κ2) is 19.3. The van der Waals surface area contributed by atoms with Crippen LogP contribution in [0.5, 0.6) is 11.5 Å². The second-order valence-corrected chi connectivity index (χ2v) is 13.2. The molecule has 0 radical (unpaired) electrons. The number of unbranched alkanes of at least 4 members (excludes halogenated alkanes) is 4. The lowest BCUT2D eigenvalue weighted by Gasteiger charge is -2.31. The van der Waals surface area contributed by atoms with Crippen molar-refractivity contribution in [1.29, 1.82) is 0 Å². The fourth-order valence-electron chi connectivity index (χ4n) is 5.43. The molecule has 0 heterocycles. The van der Waals surface area contributed by atoms with Crippen molar-refractivity contribution in [1.82, 2.24) is 0 Å². The standard InChI is InChI=1S/C42H50O8/c1-7-37(43)47-28-13-9-11-18-39(45)49-35-24-20-31(21-25-35)41(3,4)33-16-15-17-34(30-33)42(5,6)32-22-26-36(27-23-32)50-40(46)19-12-10-14-29-48-38(44)8-2/h7-8,15-17,20-27,30H,1-2,9-14,18-19,28-29H2,3-6H3. The molecule has 0 saturated carbocycles. The van der Waals surface area contributed by atoms with Crippen LogP contribution in [0.2, 0.25) is 0 Å². The zero-order chi connectivity index (χ0) is 36.6. The minimum Gasteiger partial charge on any atom is -0.463 e. The first-order valence-corrected chi connectivity index (χ1v) is 17.2. The lowest BCUT2D eigenvalue weighted by atomic mass is 9.73. The molecule has 0 aliphatic heterocycles. The summed E-state index contributed by atoms with van der Waals surface area (Å²) in [5.74, 6) is -0.463. The van der Waals surface area contributed by atoms with Crippen LogP contribution in [0.1, 0.15) is 101 Å². The van der Waals surface area contributed by atoms with Crippen LogP contribution in [-0.2, 0) is 39.5 Å². The zero-order valence-electron chi connectivity index (χ0n) is 29.8. The molecular formula is C42H50O8. The van der Waals surface area contributed by atoms with Crippen LogP contribution in [0.25, 0.3) is 0 Å².